The number of carbonyl (C=O) groups is 1. The number of hydrogen-bond donors (Lipinski definition) is 1. The van der Waals surface area contributed by atoms with Gasteiger partial charge < -0.3 is 24.1 Å². The van der Waals surface area contributed by atoms with Gasteiger partial charge in [0.2, 0.25) is 0 Å². The highest BCUT2D eigenvalue weighted by atomic mass is 19.3. The number of rotatable bonds is 11. The van der Waals surface area contributed by atoms with Crippen LogP contribution in [0.4, 0.5) is 20.2 Å². The number of aromatic nitrogens is 2. The zero-order valence-corrected chi connectivity index (χ0v) is 20.4. The second-order valence-corrected chi connectivity index (χ2v) is 8.93. The maximum atomic E-state index is 13.0. The number of halogens is 2. The highest BCUT2D eigenvalue weighted by Gasteiger charge is 2.21. The van der Waals surface area contributed by atoms with Crippen LogP contribution in [-0.4, -0.2) is 34.8 Å². The van der Waals surface area contributed by atoms with Gasteiger partial charge in [-0.15, -0.1) is 0 Å². The van der Waals surface area contributed by atoms with Crippen molar-refractivity contribution in [1.82, 2.24) is 9.97 Å². The third-order valence-electron chi connectivity index (χ3n) is 4.89. The average molecular weight is 488 g/mol. The number of anilines is 2. The average Bonchev–Trinajstić information content (AvgIpc) is 3.31. The van der Waals surface area contributed by atoms with E-state index in [1.165, 1.54) is 6.07 Å². The Labute approximate surface area is 204 Å². The van der Waals surface area contributed by atoms with Gasteiger partial charge in [0.05, 0.1) is 30.7 Å². The SMILES string of the molecule is CCCCOc1cc(N(Cc2cnc[nH]2)c2cccc(C(=O)OC(C)(C)C)c2)ccc1OC(F)F. The molecule has 1 heterocycles. The van der Waals surface area contributed by atoms with Crippen LogP contribution in [0.15, 0.2) is 55.0 Å². The van der Waals surface area contributed by atoms with Gasteiger partial charge in [-0.3, -0.25) is 0 Å². The largest absolute Gasteiger partial charge is 0.490 e. The number of imidazole rings is 1. The summed E-state index contributed by atoms with van der Waals surface area (Å²) in [4.78, 5) is 21.7. The zero-order valence-electron chi connectivity index (χ0n) is 20.4. The van der Waals surface area contributed by atoms with Crippen LogP contribution in [0.25, 0.3) is 0 Å². The molecular weight excluding hydrogens is 456 g/mol. The van der Waals surface area contributed by atoms with Crippen molar-refractivity contribution in [2.45, 2.75) is 59.3 Å². The number of ether oxygens (including phenoxy) is 3. The first-order chi connectivity index (χ1) is 16.7. The molecule has 188 valence electrons. The van der Waals surface area contributed by atoms with Crippen molar-refractivity contribution >= 4 is 17.3 Å². The molecule has 0 radical (unpaired) electrons. The lowest BCUT2D eigenvalue weighted by molar-refractivity contribution is -0.0515. The van der Waals surface area contributed by atoms with Gasteiger partial charge in [0, 0.05) is 23.6 Å². The Balaban J connectivity index is 2.01. The Morgan fingerprint density at radius 3 is 2.54 bits per heavy atom. The molecule has 9 heteroatoms. The Bertz CT molecular complexity index is 1100. The molecule has 0 saturated carbocycles. The molecule has 3 rings (SSSR count). The molecule has 35 heavy (non-hydrogen) atoms. The summed E-state index contributed by atoms with van der Waals surface area (Å²) >= 11 is 0. The number of esters is 1. The Morgan fingerprint density at radius 2 is 1.89 bits per heavy atom. The lowest BCUT2D eigenvalue weighted by Gasteiger charge is -2.26. The number of benzene rings is 2. The minimum absolute atomic E-state index is 0.0381. The molecule has 0 bridgehead atoms. The van der Waals surface area contributed by atoms with Crippen LogP contribution < -0.4 is 14.4 Å². The first-order valence-electron chi connectivity index (χ1n) is 11.5. The molecule has 0 atom stereocenters. The third kappa shape index (κ3) is 7.70. The van der Waals surface area contributed by atoms with E-state index >= 15 is 0 Å². The molecule has 0 amide bonds. The molecule has 1 aromatic heterocycles. The smallest absolute Gasteiger partial charge is 0.387 e. The number of unbranched alkanes of at least 4 members (excludes halogenated alkanes) is 1. The molecular formula is C26H31F2N3O4. The fourth-order valence-electron chi connectivity index (χ4n) is 3.31. The maximum absolute atomic E-state index is 13.0. The molecule has 0 fully saturated rings. The number of nitrogens with zero attached hydrogens (tertiary/aromatic N) is 2. The van der Waals surface area contributed by atoms with Gasteiger partial charge in [-0.2, -0.15) is 8.78 Å². The first kappa shape index (κ1) is 26.0. The molecule has 0 unspecified atom stereocenters. The Kier molecular flexibility index (Phi) is 8.68. The lowest BCUT2D eigenvalue weighted by Crippen LogP contribution is -2.24. The van der Waals surface area contributed by atoms with Crippen LogP contribution in [0.3, 0.4) is 0 Å². The fourth-order valence-corrected chi connectivity index (χ4v) is 3.31. The molecule has 0 aliphatic carbocycles. The predicted octanol–water partition coefficient (Wildman–Crippen LogP) is 6.48. The van der Waals surface area contributed by atoms with Crippen molar-refractivity contribution in [1.29, 1.82) is 0 Å². The molecule has 1 N–H and O–H groups in total. The monoisotopic (exact) mass is 487 g/mol. The number of hydrogen-bond acceptors (Lipinski definition) is 6. The van der Waals surface area contributed by atoms with Gasteiger partial charge in [0.15, 0.2) is 11.5 Å². The van der Waals surface area contributed by atoms with Crippen molar-refractivity contribution in [3.05, 3.63) is 66.2 Å². The molecule has 0 aliphatic rings. The summed E-state index contributed by atoms with van der Waals surface area (Å²) in [5.41, 5.74) is 1.94. The van der Waals surface area contributed by atoms with E-state index in [4.69, 9.17) is 9.47 Å². The Morgan fingerprint density at radius 1 is 1.11 bits per heavy atom. The fraction of sp³-hybridized carbons (Fsp3) is 0.385. The summed E-state index contributed by atoms with van der Waals surface area (Å²) in [7, 11) is 0. The summed E-state index contributed by atoms with van der Waals surface area (Å²) < 4.78 is 41.9. The van der Waals surface area contributed by atoms with E-state index in [9.17, 15) is 13.6 Å². The van der Waals surface area contributed by atoms with Crippen LogP contribution in [-0.2, 0) is 11.3 Å². The van der Waals surface area contributed by atoms with E-state index in [0.717, 1.165) is 18.5 Å². The molecule has 0 aliphatic heterocycles. The van der Waals surface area contributed by atoms with E-state index < -0.39 is 18.2 Å². The second-order valence-electron chi connectivity index (χ2n) is 8.93. The van der Waals surface area contributed by atoms with E-state index in [2.05, 4.69) is 14.7 Å². The second kappa shape index (κ2) is 11.7. The minimum Gasteiger partial charge on any atom is -0.490 e. The van der Waals surface area contributed by atoms with Crippen molar-refractivity contribution in [3.63, 3.8) is 0 Å². The highest BCUT2D eigenvalue weighted by Crippen LogP contribution is 2.37. The normalized spacial score (nSPS) is 11.4. The van der Waals surface area contributed by atoms with Crippen LogP contribution in [0, 0.1) is 0 Å². The molecule has 7 nitrogen and oxygen atoms in total. The van der Waals surface area contributed by atoms with Gasteiger partial charge in [-0.05, 0) is 57.5 Å². The number of H-pyrrole nitrogens is 1. The third-order valence-corrected chi connectivity index (χ3v) is 4.89. The number of carbonyl (C=O) groups excluding carboxylic acids is 1. The first-order valence-corrected chi connectivity index (χ1v) is 11.5. The van der Waals surface area contributed by atoms with Crippen LogP contribution in [0.1, 0.15) is 56.6 Å². The minimum atomic E-state index is -2.97. The summed E-state index contributed by atoms with van der Waals surface area (Å²) in [6.45, 7) is 5.21. The highest BCUT2D eigenvalue weighted by molar-refractivity contribution is 5.91. The summed E-state index contributed by atoms with van der Waals surface area (Å²) in [5.74, 6) is -0.261. The van der Waals surface area contributed by atoms with E-state index in [0.29, 0.717) is 30.1 Å². The van der Waals surface area contributed by atoms with Gasteiger partial charge in [-0.1, -0.05) is 19.4 Å². The number of alkyl halides is 2. The van der Waals surface area contributed by atoms with E-state index in [-0.39, 0.29) is 11.5 Å². The van der Waals surface area contributed by atoms with Crippen molar-refractivity contribution in [2.75, 3.05) is 11.5 Å². The van der Waals surface area contributed by atoms with Gasteiger partial charge in [0.25, 0.3) is 0 Å². The topological polar surface area (TPSA) is 76.7 Å². The molecule has 3 aromatic rings. The van der Waals surface area contributed by atoms with E-state index in [1.807, 2.05) is 38.7 Å². The predicted molar refractivity (Wildman–Crippen MR) is 130 cm³/mol. The van der Waals surface area contributed by atoms with Crippen LogP contribution in [0.2, 0.25) is 0 Å². The van der Waals surface area contributed by atoms with Gasteiger partial charge >= 0.3 is 12.6 Å². The van der Waals surface area contributed by atoms with Crippen molar-refractivity contribution < 1.29 is 27.8 Å². The lowest BCUT2D eigenvalue weighted by atomic mass is 10.1. The summed E-state index contributed by atoms with van der Waals surface area (Å²) in [6.07, 6.45) is 4.93. The standard InChI is InChI=1S/C26H31F2N3O4/c1-5-6-12-33-23-14-21(10-11-22(23)34-25(27)28)31(16-19-15-29-17-30-19)20-9-7-8-18(13-20)24(32)35-26(2,3)4/h7-11,13-15,17,25H,5-6,12,16H2,1-4H3,(H,29,30). The molecule has 0 spiro atoms. The van der Waals surface area contributed by atoms with Crippen LogP contribution in [0.5, 0.6) is 11.5 Å². The van der Waals surface area contributed by atoms with Gasteiger partial charge in [0.1, 0.15) is 5.60 Å². The summed E-state index contributed by atoms with van der Waals surface area (Å²) in [6, 6.07) is 11.8. The molecule has 0 saturated heterocycles. The van der Waals surface area contributed by atoms with Crippen LogP contribution >= 0.6 is 0 Å². The number of aromatic amines is 1. The maximum Gasteiger partial charge on any atom is 0.387 e. The van der Waals surface area contributed by atoms with Crippen molar-refractivity contribution in [3.8, 4) is 11.5 Å². The quantitative estimate of drug-likeness (QED) is 0.246. The van der Waals surface area contributed by atoms with Gasteiger partial charge in [-0.25, -0.2) is 9.78 Å². The van der Waals surface area contributed by atoms with E-state index in [1.54, 1.807) is 42.9 Å². The summed E-state index contributed by atoms with van der Waals surface area (Å²) in [5, 5.41) is 0. The Hall–Kier alpha value is -3.62. The molecule has 2 aromatic carbocycles. The number of nitrogens with one attached hydrogen (secondary N) is 1. The zero-order chi connectivity index (χ0) is 25.4. The van der Waals surface area contributed by atoms with Crippen molar-refractivity contribution in [2.24, 2.45) is 0 Å².